The van der Waals surface area contributed by atoms with E-state index in [1.807, 2.05) is 24.0 Å². The zero-order chi connectivity index (χ0) is 27.7. The van der Waals surface area contributed by atoms with E-state index in [9.17, 15) is 18.8 Å². The number of rotatable bonds is 7. The lowest BCUT2D eigenvalue weighted by Crippen LogP contribution is -2.50. The Kier molecular flexibility index (Phi) is 7.72. The smallest absolute Gasteiger partial charge is 0.305 e. The number of halogens is 1. The quantitative estimate of drug-likeness (QED) is 0.513. The van der Waals surface area contributed by atoms with Gasteiger partial charge in [0.1, 0.15) is 17.2 Å². The fraction of sp³-hybridized carbons (Fsp3) is 0.467. The summed E-state index contributed by atoms with van der Waals surface area (Å²) in [6, 6.07) is 12.7. The molecule has 1 saturated carbocycles. The first-order valence-electron chi connectivity index (χ1n) is 13.2. The van der Waals surface area contributed by atoms with Crippen LogP contribution in [-0.2, 0) is 9.59 Å². The molecule has 202 valence electrons. The standard InChI is InChI=1S/C30H36FN3O4/c1-19(20-8-10-21(11-9-20)27(37)32-17-14-25(35)36)34-28(38)26(22-6-5-7-24(31)18-22)33-30(34)15-12-23(13-16-30)29(2,3)4/h5-11,18-19,23H,12-17H2,1-4H3,(H,32,37)(H,35,36)/t19-,23?,30?/m1/s1. The second kappa shape index (κ2) is 10.7. The Labute approximate surface area is 223 Å². The van der Waals surface area contributed by atoms with Gasteiger partial charge in [0.2, 0.25) is 0 Å². The van der Waals surface area contributed by atoms with E-state index in [4.69, 9.17) is 10.1 Å². The van der Waals surface area contributed by atoms with Crippen LogP contribution in [0.1, 0.15) is 87.3 Å². The van der Waals surface area contributed by atoms with Gasteiger partial charge >= 0.3 is 5.97 Å². The van der Waals surface area contributed by atoms with Crippen LogP contribution >= 0.6 is 0 Å². The zero-order valence-electron chi connectivity index (χ0n) is 22.5. The summed E-state index contributed by atoms with van der Waals surface area (Å²) < 4.78 is 14.1. The summed E-state index contributed by atoms with van der Waals surface area (Å²) in [5, 5.41) is 11.4. The van der Waals surface area contributed by atoms with E-state index in [-0.39, 0.29) is 36.2 Å². The van der Waals surface area contributed by atoms with Crippen molar-refractivity contribution in [2.75, 3.05) is 6.54 Å². The molecule has 2 aromatic rings. The van der Waals surface area contributed by atoms with Crippen molar-refractivity contribution in [3.63, 3.8) is 0 Å². The minimum absolute atomic E-state index is 0.0485. The molecular formula is C30H36FN3O4. The van der Waals surface area contributed by atoms with E-state index >= 15 is 0 Å². The van der Waals surface area contributed by atoms with Gasteiger partial charge in [0, 0.05) is 17.7 Å². The van der Waals surface area contributed by atoms with Crippen LogP contribution in [0.3, 0.4) is 0 Å². The third-order valence-electron chi connectivity index (χ3n) is 7.97. The number of hydrogen-bond acceptors (Lipinski definition) is 4. The van der Waals surface area contributed by atoms with Crippen molar-refractivity contribution in [3.8, 4) is 0 Å². The molecule has 2 aromatic carbocycles. The summed E-state index contributed by atoms with van der Waals surface area (Å²) in [6.45, 7) is 8.75. The summed E-state index contributed by atoms with van der Waals surface area (Å²) in [6.07, 6.45) is 3.19. The number of nitrogens with one attached hydrogen (secondary N) is 1. The molecule has 0 aromatic heterocycles. The van der Waals surface area contributed by atoms with Gasteiger partial charge in [0.25, 0.3) is 11.8 Å². The Bertz CT molecular complexity index is 1240. The number of hydrogen-bond donors (Lipinski definition) is 2. The lowest BCUT2D eigenvalue weighted by molar-refractivity contribution is -0.137. The van der Waals surface area contributed by atoms with Gasteiger partial charge in [-0.3, -0.25) is 19.4 Å². The Morgan fingerprint density at radius 2 is 1.82 bits per heavy atom. The second-order valence-electron chi connectivity index (χ2n) is 11.5. The van der Waals surface area contributed by atoms with Gasteiger partial charge in [-0.25, -0.2) is 4.39 Å². The first-order chi connectivity index (χ1) is 17.9. The van der Waals surface area contributed by atoms with Crippen molar-refractivity contribution >= 4 is 23.5 Å². The number of carbonyl (C=O) groups is 3. The minimum Gasteiger partial charge on any atom is -0.481 e. The molecule has 8 heteroatoms. The number of aliphatic imine (C=N–C) groups is 1. The number of carbonyl (C=O) groups excluding carboxylic acids is 2. The van der Waals surface area contributed by atoms with Crippen LogP contribution in [-0.4, -0.2) is 45.7 Å². The number of carboxylic acid groups (broad SMARTS) is 1. The summed E-state index contributed by atoms with van der Waals surface area (Å²) in [5.74, 6) is -1.43. The SMILES string of the molecule is C[C@H](c1ccc(C(=O)NCCC(=O)O)cc1)N1C(=O)C(c2cccc(F)c2)=NC12CCC(C(C)(C)C)CC2. The van der Waals surface area contributed by atoms with Crippen molar-refractivity contribution in [2.45, 2.75) is 71.5 Å². The number of benzene rings is 2. The number of nitrogens with zero attached hydrogens (tertiary/aromatic N) is 2. The predicted octanol–water partition coefficient (Wildman–Crippen LogP) is 5.36. The highest BCUT2D eigenvalue weighted by atomic mass is 19.1. The highest BCUT2D eigenvalue weighted by Gasteiger charge is 2.51. The van der Waals surface area contributed by atoms with Gasteiger partial charge in [0.15, 0.2) is 0 Å². The number of amides is 2. The molecule has 1 aliphatic carbocycles. The van der Waals surface area contributed by atoms with Gasteiger partial charge in [-0.2, -0.15) is 0 Å². The highest BCUT2D eigenvalue weighted by Crippen LogP contribution is 2.49. The van der Waals surface area contributed by atoms with Gasteiger partial charge in [-0.1, -0.05) is 45.0 Å². The van der Waals surface area contributed by atoms with Gasteiger partial charge < -0.3 is 15.3 Å². The lowest BCUT2D eigenvalue weighted by Gasteiger charge is -2.46. The first kappa shape index (κ1) is 27.5. The van der Waals surface area contributed by atoms with Crippen molar-refractivity contribution < 1.29 is 23.9 Å². The van der Waals surface area contributed by atoms with Crippen LogP contribution in [0.5, 0.6) is 0 Å². The molecule has 2 amide bonds. The van der Waals surface area contributed by atoms with Crippen LogP contribution in [0, 0.1) is 17.2 Å². The van der Waals surface area contributed by atoms with Crippen LogP contribution in [0.15, 0.2) is 53.5 Å². The Morgan fingerprint density at radius 3 is 2.39 bits per heavy atom. The molecule has 1 atom stereocenters. The summed E-state index contributed by atoms with van der Waals surface area (Å²) in [7, 11) is 0. The molecule has 2 N–H and O–H groups in total. The zero-order valence-corrected chi connectivity index (χ0v) is 22.5. The van der Waals surface area contributed by atoms with Gasteiger partial charge in [0.05, 0.1) is 12.5 Å². The van der Waals surface area contributed by atoms with E-state index in [0.29, 0.717) is 22.8 Å². The fourth-order valence-corrected chi connectivity index (χ4v) is 5.72. The van der Waals surface area contributed by atoms with Gasteiger partial charge in [-0.15, -0.1) is 0 Å². The van der Waals surface area contributed by atoms with Crippen LogP contribution < -0.4 is 5.32 Å². The van der Waals surface area contributed by atoms with E-state index in [2.05, 4.69) is 26.1 Å². The Balaban J connectivity index is 1.61. The van der Waals surface area contributed by atoms with Crippen LogP contribution in [0.25, 0.3) is 0 Å². The van der Waals surface area contributed by atoms with E-state index in [1.54, 1.807) is 24.3 Å². The normalized spacial score (nSPS) is 22.3. The molecule has 4 rings (SSSR count). The van der Waals surface area contributed by atoms with Gasteiger partial charge in [-0.05, 0) is 73.8 Å². The molecule has 0 unspecified atom stereocenters. The molecule has 38 heavy (non-hydrogen) atoms. The van der Waals surface area contributed by atoms with Crippen molar-refractivity contribution in [1.82, 2.24) is 10.2 Å². The minimum atomic E-state index is -0.977. The molecule has 0 bridgehead atoms. The average Bonchev–Trinajstić information content (AvgIpc) is 3.14. The Hall–Kier alpha value is -3.55. The summed E-state index contributed by atoms with van der Waals surface area (Å²) in [5.41, 5.74) is 1.50. The molecule has 2 aliphatic rings. The molecule has 0 saturated heterocycles. The van der Waals surface area contributed by atoms with E-state index in [0.717, 1.165) is 31.2 Å². The maximum atomic E-state index is 14.1. The second-order valence-corrected chi connectivity index (χ2v) is 11.5. The predicted molar refractivity (Wildman–Crippen MR) is 143 cm³/mol. The monoisotopic (exact) mass is 521 g/mol. The maximum Gasteiger partial charge on any atom is 0.305 e. The van der Waals surface area contributed by atoms with Crippen molar-refractivity contribution in [3.05, 3.63) is 71.0 Å². The third kappa shape index (κ3) is 5.64. The number of carboxylic acids is 1. The topological polar surface area (TPSA) is 99.1 Å². The molecular weight excluding hydrogens is 485 g/mol. The highest BCUT2D eigenvalue weighted by molar-refractivity contribution is 6.46. The molecule has 1 heterocycles. The largest absolute Gasteiger partial charge is 0.481 e. The summed E-state index contributed by atoms with van der Waals surface area (Å²) >= 11 is 0. The van der Waals surface area contributed by atoms with Crippen molar-refractivity contribution in [1.29, 1.82) is 0 Å². The van der Waals surface area contributed by atoms with Crippen molar-refractivity contribution in [2.24, 2.45) is 16.3 Å². The first-order valence-corrected chi connectivity index (χ1v) is 13.2. The summed E-state index contributed by atoms with van der Waals surface area (Å²) in [4.78, 5) is 43.9. The third-order valence-corrected chi connectivity index (χ3v) is 7.97. The number of aliphatic carboxylic acids is 1. The van der Waals surface area contributed by atoms with E-state index in [1.165, 1.54) is 12.1 Å². The van der Waals surface area contributed by atoms with Crippen LogP contribution in [0.4, 0.5) is 4.39 Å². The van der Waals surface area contributed by atoms with E-state index < -0.39 is 17.4 Å². The maximum absolute atomic E-state index is 14.1. The molecule has 1 spiro atoms. The van der Waals surface area contributed by atoms with Crippen LogP contribution in [0.2, 0.25) is 0 Å². The molecule has 1 aliphatic heterocycles. The molecule has 7 nitrogen and oxygen atoms in total. The molecule has 0 radical (unpaired) electrons. The molecule has 1 fully saturated rings. The Morgan fingerprint density at radius 1 is 1.16 bits per heavy atom. The fourth-order valence-electron chi connectivity index (χ4n) is 5.72. The average molecular weight is 522 g/mol. The lowest BCUT2D eigenvalue weighted by atomic mass is 9.69.